The molecule has 0 bridgehead atoms. The molecular weight excluding hydrogens is 690 g/mol. The fraction of sp³-hybridized carbons (Fsp3) is 0. The van der Waals surface area contributed by atoms with Gasteiger partial charge < -0.3 is 50.4 Å². The van der Waals surface area contributed by atoms with Crippen LogP contribution in [0.1, 0.15) is 42.9 Å². The van der Waals surface area contributed by atoms with E-state index in [0.717, 1.165) is 0 Å². The molecule has 0 amide bonds. The van der Waals surface area contributed by atoms with Gasteiger partial charge in [-0.15, -0.1) is 0 Å². The van der Waals surface area contributed by atoms with Crippen LogP contribution in [0.15, 0.2) is 73.3 Å². The Hall–Kier alpha value is -5.30. The van der Waals surface area contributed by atoms with Gasteiger partial charge in [-0.3, -0.25) is 19.9 Å². The van der Waals surface area contributed by atoms with Crippen LogP contribution < -0.4 is 20.4 Å². The number of carbonyl (C=O) groups excluding carboxylic acids is 4. The summed E-state index contributed by atoms with van der Waals surface area (Å²) in [5.74, 6) is -5.35. The average Bonchev–Trinajstić information content (AvgIpc) is 2.98. The molecule has 0 unspecified atom stereocenters. The third-order valence-corrected chi connectivity index (χ3v) is 4.51. The number of isothiocyanates is 2. The Bertz CT molecular complexity index is 1450. The second-order valence-corrected chi connectivity index (χ2v) is 7.42. The quantitative estimate of drug-likeness (QED) is 0.135. The zero-order valence-electron chi connectivity index (χ0n) is 22.0. The summed E-state index contributed by atoms with van der Waals surface area (Å²) in [7, 11) is 0. The van der Waals surface area contributed by atoms with E-state index in [1.54, 1.807) is 0 Å². The van der Waals surface area contributed by atoms with Gasteiger partial charge >= 0.3 is 20.9 Å². The molecule has 4 heterocycles. The zero-order chi connectivity index (χ0) is 31.7. The molecule has 4 aromatic heterocycles. The Kier molecular flexibility index (Phi) is 17.3. The van der Waals surface area contributed by atoms with Crippen LogP contribution in [0.3, 0.4) is 0 Å². The Labute approximate surface area is 267 Å². The number of hydrogen-bond acceptors (Lipinski definition) is 14. The number of pyridine rings is 4. The molecule has 17 heteroatoms. The van der Waals surface area contributed by atoms with E-state index in [2.05, 4.69) is 44.4 Å². The smallest absolute Gasteiger partial charge is 0.753 e. The number of carboxylic acids is 4. The van der Waals surface area contributed by atoms with Crippen molar-refractivity contribution < 1.29 is 60.5 Å². The van der Waals surface area contributed by atoms with Crippen molar-refractivity contribution in [2.75, 3.05) is 0 Å². The SMILES string of the molecule is O=C([O-])c1ccnc(-c2cc(C(=O)[O-])ccn2)c1.O=C([O-])c1ccnc(-c2cc(C(=O)[O-])ccn2)c1.[H+].[N-]=C=S.[N-]=C=S.[Ru+2]. The fourth-order valence-corrected chi connectivity index (χ4v) is 2.79. The summed E-state index contributed by atoms with van der Waals surface area (Å²) in [6, 6.07) is 10.2. The molecule has 0 saturated carbocycles. The predicted molar refractivity (Wildman–Crippen MR) is 145 cm³/mol. The molecule has 4 aromatic rings. The van der Waals surface area contributed by atoms with Gasteiger partial charge in [0, 0.05) is 47.0 Å². The summed E-state index contributed by atoms with van der Waals surface area (Å²) in [4.78, 5) is 58.5. The monoisotopic (exact) mass is 703 g/mol. The first-order chi connectivity index (χ1) is 20.0. The first kappa shape index (κ1) is 37.7. The van der Waals surface area contributed by atoms with E-state index in [1.807, 2.05) is 0 Å². The van der Waals surface area contributed by atoms with Gasteiger partial charge in [0.1, 0.15) is 0 Å². The van der Waals surface area contributed by atoms with E-state index in [1.165, 1.54) is 83.6 Å². The van der Waals surface area contributed by atoms with Crippen molar-refractivity contribution in [3.8, 4) is 22.8 Å². The predicted octanol–water partition coefficient (Wildman–Crippen LogP) is -0.832. The third-order valence-electron chi connectivity index (χ3n) is 4.51. The van der Waals surface area contributed by atoms with Gasteiger partial charge in [-0.05, 0) is 48.5 Å². The van der Waals surface area contributed by atoms with Gasteiger partial charge in [0.25, 0.3) is 0 Å². The van der Waals surface area contributed by atoms with Crippen molar-refractivity contribution in [1.29, 1.82) is 0 Å². The first-order valence-corrected chi connectivity index (χ1v) is 11.5. The Morgan fingerprint density at radius 1 is 0.535 bits per heavy atom. The van der Waals surface area contributed by atoms with Crippen molar-refractivity contribution in [1.82, 2.24) is 19.9 Å². The van der Waals surface area contributed by atoms with Crippen LogP contribution in [0.5, 0.6) is 0 Å². The van der Waals surface area contributed by atoms with E-state index in [-0.39, 0.29) is 65.9 Å². The maximum atomic E-state index is 10.7. The second kappa shape index (κ2) is 19.7. The Balaban J connectivity index is 0. The summed E-state index contributed by atoms with van der Waals surface area (Å²) in [5, 5.41) is 59.7. The molecule has 0 fully saturated rings. The molecule has 0 atom stereocenters. The van der Waals surface area contributed by atoms with Crippen LogP contribution in [0.4, 0.5) is 0 Å². The fourth-order valence-electron chi connectivity index (χ4n) is 2.79. The van der Waals surface area contributed by atoms with Crippen LogP contribution in [0.2, 0.25) is 0 Å². The van der Waals surface area contributed by atoms with Gasteiger partial charge in [0.05, 0.1) is 46.7 Å². The number of nitrogens with zero attached hydrogens (tertiary/aromatic N) is 6. The number of aromatic nitrogens is 4. The van der Waals surface area contributed by atoms with Crippen LogP contribution in [0.25, 0.3) is 33.6 Å². The normalized spacial score (nSPS) is 8.74. The molecule has 4 rings (SSSR count). The second-order valence-electron chi connectivity index (χ2n) is 7.05. The molecule has 0 saturated heterocycles. The van der Waals surface area contributed by atoms with Gasteiger partial charge in [0.2, 0.25) is 0 Å². The van der Waals surface area contributed by atoms with Crippen molar-refractivity contribution in [2.24, 2.45) is 0 Å². The third kappa shape index (κ3) is 12.8. The van der Waals surface area contributed by atoms with Crippen LogP contribution in [-0.4, -0.2) is 54.1 Å². The van der Waals surface area contributed by atoms with E-state index in [9.17, 15) is 39.6 Å². The minimum absolute atomic E-state index is 0. The largest absolute Gasteiger partial charge is 2.00 e. The van der Waals surface area contributed by atoms with Crippen LogP contribution >= 0.6 is 24.4 Å². The van der Waals surface area contributed by atoms with Gasteiger partial charge in [-0.2, -0.15) is 10.3 Å². The summed E-state index contributed by atoms with van der Waals surface area (Å²) in [5.41, 5.74) is 0.779. The number of carbonyl (C=O) groups is 4. The maximum Gasteiger partial charge on any atom is 2.00 e. The minimum Gasteiger partial charge on any atom is -0.753 e. The number of aromatic carboxylic acids is 4. The standard InChI is InChI=1S/2C12H8N2O4.2CNS.Ru/c2*15-11(16)7-1-3-13-9(5-7)10-6-8(12(17)18)2-4-14-10;2*2-1-3;/h2*1-6H,(H,15,16)(H,17,18);;;/q;;2*-1;+2/p-3. The molecule has 0 radical (unpaired) electrons. The molecule has 218 valence electrons. The van der Waals surface area contributed by atoms with Gasteiger partial charge in [0.15, 0.2) is 0 Å². The summed E-state index contributed by atoms with van der Waals surface area (Å²) < 4.78 is 0. The van der Waals surface area contributed by atoms with E-state index < -0.39 is 23.9 Å². The van der Waals surface area contributed by atoms with Crippen molar-refractivity contribution in [2.45, 2.75) is 0 Å². The summed E-state index contributed by atoms with van der Waals surface area (Å²) in [6.07, 6.45) is 5.14. The number of hydrogen-bond donors (Lipinski definition) is 0. The Morgan fingerprint density at radius 2 is 0.698 bits per heavy atom. The molecule has 0 aliphatic rings. The molecule has 14 nitrogen and oxygen atoms in total. The maximum absolute atomic E-state index is 10.7. The number of carboxylic acid groups (broad SMARTS) is 4. The van der Waals surface area contributed by atoms with Crippen molar-refractivity contribution in [3.63, 3.8) is 0 Å². The summed E-state index contributed by atoms with van der Waals surface area (Å²) in [6.45, 7) is 0. The molecule has 0 aromatic carbocycles. The van der Waals surface area contributed by atoms with Crippen molar-refractivity contribution in [3.05, 3.63) is 106 Å². The zero-order valence-corrected chi connectivity index (χ0v) is 24.4. The topological polar surface area (TPSA) is 257 Å². The van der Waals surface area contributed by atoms with Gasteiger partial charge in [-0.1, -0.05) is 24.4 Å². The molecule has 0 N–H and O–H groups in total. The van der Waals surface area contributed by atoms with Crippen LogP contribution in [0, 0.1) is 0 Å². The molecule has 0 aliphatic heterocycles. The van der Waals surface area contributed by atoms with E-state index in [0.29, 0.717) is 0 Å². The van der Waals surface area contributed by atoms with Crippen molar-refractivity contribution >= 4 is 58.6 Å². The average molecular weight is 703 g/mol. The number of thiocarbonyl (C=S) groups is 2. The molecular formula is C26H13N6O8RuS2-3. The summed E-state index contributed by atoms with van der Waals surface area (Å²) >= 11 is 7.40. The van der Waals surface area contributed by atoms with E-state index >= 15 is 0 Å². The van der Waals surface area contributed by atoms with E-state index in [4.69, 9.17) is 10.8 Å². The van der Waals surface area contributed by atoms with Gasteiger partial charge in [-0.25, -0.2) is 0 Å². The minimum atomic E-state index is -1.34. The Morgan fingerprint density at radius 3 is 0.837 bits per heavy atom. The number of rotatable bonds is 6. The van der Waals surface area contributed by atoms with Crippen LogP contribution in [-0.2, 0) is 19.5 Å². The molecule has 0 spiro atoms. The molecule has 43 heavy (non-hydrogen) atoms. The first-order valence-electron chi connectivity index (χ1n) is 10.7. The molecule has 0 aliphatic carbocycles.